The van der Waals surface area contributed by atoms with Gasteiger partial charge in [0.05, 0.1) is 0 Å². The van der Waals surface area contributed by atoms with Crippen LogP contribution < -0.4 is 10.2 Å². The Balaban J connectivity index is -0.0000000560. The summed E-state index contributed by atoms with van der Waals surface area (Å²) in [4.78, 5) is 0. The first-order chi connectivity index (χ1) is 5.35. The molecular weight excluding hydrogens is 304 g/mol. The molecule has 70 valence electrons. The quantitative estimate of drug-likeness (QED) is 0.537. The van der Waals surface area contributed by atoms with Crippen LogP contribution in [-0.2, 0) is 11.4 Å². The largest absolute Gasteiger partial charge is 2.00 e. The number of rotatable bonds is 3. The van der Waals surface area contributed by atoms with E-state index in [2.05, 4.69) is 0 Å². The Hall–Kier alpha value is 1.90. The Morgan fingerprint density at radius 2 is 0.917 bits per heavy atom. The minimum absolute atomic E-state index is 0. The maximum atomic E-state index is 8.25. The Bertz CT molecular complexity index is 41.3. The molecule has 0 radical (unpaired) electrons. The minimum Gasteiger partial charge on any atom is -0.857 e. The molecule has 5 nitrogen and oxygen atoms in total. The third-order valence-electron chi connectivity index (χ3n) is 0.577. The molecular formula is C5H15AlBaO5. The van der Waals surface area contributed by atoms with Crippen LogP contribution in [0.4, 0.5) is 0 Å². The van der Waals surface area contributed by atoms with Crippen LogP contribution in [0.25, 0.3) is 0 Å². The monoisotopic (exact) mass is 320 g/mol. The molecule has 12 heavy (non-hydrogen) atoms. The summed E-state index contributed by atoms with van der Waals surface area (Å²) in [5.74, 6) is 0. The fraction of sp³-hybridized carbons (Fsp3) is 1.00. The summed E-state index contributed by atoms with van der Waals surface area (Å²) in [6, 6.07) is 0. The minimum atomic E-state index is -1.67. The number of hydrogen-bond acceptors (Lipinski definition) is 5. The Morgan fingerprint density at radius 1 is 0.750 bits per heavy atom. The van der Waals surface area contributed by atoms with Crippen molar-refractivity contribution in [3.05, 3.63) is 0 Å². The van der Waals surface area contributed by atoms with Crippen LogP contribution in [0.1, 0.15) is 0 Å². The first kappa shape index (κ1) is 23.6. The van der Waals surface area contributed by atoms with Gasteiger partial charge >= 0.3 is 64.0 Å². The van der Waals surface area contributed by atoms with Crippen molar-refractivity contribution in [2.45, 2.75) is 0 Å². The van der Waals surface area contributed by atoms with E-state index in [1.165, 1.54) is 0 Å². The summed E-state index contributed by atoms with van der Waals surface area (Å²) >= 11 is -1.67. The van der Waals surface area contributed by atoms with E-state index in [-0.39, 0.29) is 48.9 Å². The van der Waals surface area contributed by atoms with Gasteiger partial charge in [0.15, 0.2) is 0 Å². The summed E-state index contributed by atoms with van der Waals surface area (Å²) in [5.41, 5.74) is 0. The van der Waals surface area contributed by atoms with Crippen molar-refractivity contribution in [2.75, 3.05) is 35.5 Å². The normalized spacial score (nSPS) is 6.25. The molecule has 0 atom stereocenters. The molecule has 0 bridgehead atoms. The van der Waals surface area contributed by atoms with Gasteiger partial charge in [-0.2, -0.15) is 14.2 Å². The molecule has 0 spiro atoms. The van der Waals surface area contributed by atoms with Crippen LogP contribution in [0.5, 0.6) is 0 Å². The van der Waals surface area contributed by atoms with Crippen LogP contribution in [0.3, 0.4) is 0 Å². The molecule has 0 fully saturated rings. The zero-order chi connectivity index (χ0) is 9.70. The molecule has 0 unspecified atom stereocenters. The molecule has 0 rings (SSSR count). The fourth-order valence-electron chi connectivity index (χ4n) is 0.289. The standard InChI is InChI=1S/5CH3O.Al.Ba/c5*1-2;;/h5*1H3;;/q5*-1;+3;+2. The van der Waals surface area contributed by atoms with Gasteiger partial charge in [-0.3, -0.25) is 0 Å². The smallest absolute Gasteiger partial charge is 0.857 e. The van der Waals surface area contributed by atoms with Gasteiger partial charge in [-0.25, -0.2) is 0 Å². The van der Waals surface area contributed by atoms with Crippen LogP contribution in [0.2, 0.25) is 0 Å². The maximum absolute atomic E-state index is 8.25. The van der Waals surface area contributed by atoms with E-state index in [1.54, 1.807) is 21.3 Å². The van der Waals surface area contributed by atoms with Crippen molar-refractivity contribution in [1.29, 1.82) is 0 Å². The van der Waals surface area contributed by atoms with Crippen LogP contribution in [-0.4, -0.2) is 99.6 Å². The van der Waals surface area contributed by atoms with E-state index in [0.29, 0.717) is 0 Å². The zero-order valence-corrected chi connectivity index (χ0v) is 13.9. The van der Waals surface area contributed by atoms with Gasteiger partial charge < -0.3 is 21.6 Å². The first-order valence-corrected chi connectivity index (χ1v) is 4.16. The van der Waals surface area contributed by atoms with Gasteiger partial charge in [-0.15, -0.1) is 0 Å². The summed E-state index contributed by atoms with van der Waals surface area (Å²) < 4.78 is 14.2. The third kappa shape index (κ3) is 22.7. The maximum Gasteiger partial charge on any atom is 2.00 e. The van der Waals surface area contributed by atoms with Gasteiger partial charge in [0.1, 0.15) is 0 Å². The van der Waals surface area contributed by atoms with Crippen molar-refractivity contribution in [1.82, 2.24) is 0 Å². The van der Waals surface area contributed by atoms with Gasteiger partial charge in [0, 0.05) is 21.3 Å². The average Bonchev–Trinajstić information content (AvgIpc) is 2.14. The molecule has 0 heterocycles. The van der Waals surface area contributed by atoms with E-state index in [1.807, 2.05) is 0 Å². The zero-order valence-electron chi connectivity index (χ0n) is 8.33. The van der Waals surface area contributed by atoms with Gasteiger partial charge in [0.2, 0.25) is 0 Å². The van der Waals surface area contributed by atoms with Gasteiger partial charge in [-0.1, -0.05) is 0 Å². The molecule has 0 aliphatic heterocycles. The van der Waals surface area contributed by atoms with Crippen molar-refractivity contribution < 1.29 is 21.6 Å². The second kappa shape index (κ2) is 29.3. The molecule has 0 aromatic carbocycles. The van der Waals surface area contributed by atoms with E-state index >= 15 is 0 Å². The Morgan fingerprint density at radius 3 is 0.917 bits per heavy atom. The SMILES string of the molecule is C[O-].C[O-].C[O][Al]([O]C)[O]C.[Ba+2]. The second-order valence-corrected chi connectivity index (χ2v) is 2.99. The van der Waals surface area contributed by atoms with E-state index < -0.39 is 15.1 Å². The molecule has 0 aliphatic rings. The van der Waals surface area contributed by atoms with E-state index in [0.717, 1.165) is 14.2 Å². The number of hydrogen-bond donors (Lipinski definition) is 0. The fourth-order valence-corrected chi connectivity index (χ4v) is 0.866. The molecule has 0 aromatic heterocycles. The molecule has 0 aliphatic carbocycles. The first-order valence-electron chi connectivity index (χ1n) is 2.75. The van der Waals surface area contributed by atoms with Crippen molar-refractivity contribution >= 4 is 64.0 Å². The van der Waals surface area contributed by atoms with Crippen molar-refractivity contribution in [3.63, 3.8) is 0 Å². The third-order valence-corrected chi connectivity index (χ3v) is 1.73. The van der Waals surface area contributed by atoms with Crippen molar-refractivity contribution in [2.24, 2.45) is 0 Å². The molecule has 0 saturated carbocycles. The van der Waals surface area contributed by atoms with Gasteiger partial charge in [-0.05, 0) is 0 Å². The van der Waals surface area contributed by atoms with Crippen LogP contribution in [0, 0.1) is 0 Å². The average molecular weight is 319 g/mol. The summed E-state index contributed by atoms with van der Waals surface area (Å²) in [7, 11) is 6.22. The molecule has 0 saturated heterocycles. The predicted octanol–water partition coefficient (Wildman–Crippen LogP) is -2.52. The van der Waals surface area contributed by atoms with E-state index in [9.17, 15) is 0 Å². The molecule has 0 amide bonds. The summed E-state index contributed by atoms with van der Waals surface area (Å²) in [6.07, 6.45) is 0. The molecule has 0 aromatic rings. The Kier molecular flexibility index (Phi) is 57.6. The molecule has 0 N–H and O–H groups in total. The van der Waals surface area contributed by atoms with Crippen LogP contribution in [0.15, 0.2) is 0 Å². The summed E-state index contributed by atoms with van der Waals surface area (Å²) in [5, 5.41) is 16.5. The molecule has 7 heteroatoms. The predicted molar refractivity (Wildman–Crippen MR) is 44.4 cm³/mol. The van der Waals surface area contributed by atoms with Crippen molar-refractivity contribution in [3.8, 4) is 0 Å². The summed E-state index contributed by atoms with van der Waals surface area (Å²) in [6.45, 7) is 0. The Labute approximate surface area is 119 Å². The topological polar surface area (TPSA) is 73.8 Å². The van der Waals surface area contributed by atoms with Gasteiger partial charge in [0.25, 0.3) is 0 Å². The van der Waals surface area contributed by atoms with E-state index in [4.69, 9.17) is 21.6 Å². The van der Waals surface area contributed by atoms with Crippen LogP contribution >= 0.6 is 0 Å². The second-order valence-electron chi connectivity index (χ2n) is 0.996.